The van der Waals surface area contributed by atoms with Gasteiger partial charge in [0, 0.05) is 17.7 Å². The first kappa shape index (κ1) is 19.9. The molecule has 3 aromatic rings. The number of Topliss-reactive ketones (excluding diaryl/α,β-unsaturated/α-hetero) is 1. The third-order valence-electron chi connectivity index (χ3n) is 5.73. The predicted molar refractivity (Wildman–Crippen MR) is 121 cm³/mol. The van der Waals surface area contributed by atoms with Crippen LogP contribution in [0.15, 0.2) is 71.0 Å². The molecule has 0 unspecified atom stereocenters. The quantitative estimate of drug-likeness (QED) is 0.582. The lowest BCUT2D eigenvalue weighted by atomic mass is 9.81. The number of benzene rings is 2. The number of ether oxygens (including phenoxy) is 1. The molecule has 1 aliphatic heterocycles. The average molecular weight is 433 g/mol. The van der Waals surface area contributed by atoms with Gasteiger partial charge in [0.05, 0.1) is 0 Å². The van der Waals surface area contributed by atoms with Crippen LogP contribution in [0.2, 0.25) is 0 Å². The number of rotatable bonds is 5. The number of carbonyl (C=O) groups excluding carboxylic acids is 1. The Bertz CT molecular complexity index is 1140. The number of ketones is 1. The molecule has 0 amide bonds. The van der Waals surface area contributed by atoms with Gasteiger partial charge in [0.2, 0.25) is 11.1 Å². The monoisotopic (exact) mass is 432 g/mol. The van der Waals surface area contributed by atoms with Crippen molar-refractivity contribution < 1.29 is 9.53 Å². The molecule has 0 spiro atoms. The smallest absolute Gasteiger partial charge is 0.227 e. The van der Waals surface area contributed by atoms with Crippen LogP contribution in [-0.4, -0.2) is 26.8 Å². The average Bonchev–Trinajstić information content (AvgIpc) is 3.20. The number of aromatic nitrogens is 3. The molecule has 158 valence electrons. The zero-order chi connectivity index (χ0) is 21.4. The molecule has 0 saturated carbocycles. The van der Waals surface area contributed by atoms with Crippen LogP contribution in [0.4, 0.5) is 5.95 Å². The molecule has 0 bridgehead atoms. The van der Waals surface area contributed by atoms with Gasteiger partial charge in [0.1, 0.15) is 18.4 Å². The van der Waals surface area contributed by atoms with Crippen LogP contribution in [0.1, 0.15) is 36.9 Å². The summed E-state index contributed by atoms with van der Waals surface area (Å²) in [6, 6.07) is 17.8. The van der Waals surface area contributed by atoms with Crippen molar-refractivity contribution in [3.63, 3.8) is 0 Å². The molecule has 2 atom stereocenters. The number of thioether (sulfide) groups is 1. The molecule has 0 saturated heterocycles. The zero-order valence-electron chi connectivity index (χ0n) is 17.5. The second-order valence-corrected chi connectivity index (χ2v) is 8.84. The van der Waals surface area contributed by atoms with Crippen molar-refractivity contribution >= 4 is 23.5 Å². The molecule has 31 heavy (non-hydrogen) atoms. The van der Waals surface area contributed by atoms with E-state index in [0.29, 0.717) is 30.1 Å². The minimum atomic E-state index is -0.275. The fraction of sp³-hybridized carbons (Fsp3) is 0.292. The summed E-state index contributed by atoms with van der Waals surface area (Å²) in [7, 11) is 0. The van der Waals surface area contributed by atoms with E-state index in [1.54, 1.807) is 0 Å². The van der Waals surface area contributed by atoms with E-state index in [2.05, 4.69) is 22.3 Å². The van der Waals surface area contributed by atoms with Gasteiger partial charge in [-0.3, -0.25) is 4.79 Å². The molecule has 1 aromatic heterocycles. The number of anilines is 1. The number of nitrogens with one attached hydrogen (secondary N) is 1. The fourth-order valence-electron chi connectivity index (χ4n) is 4.27. The van der Waals surface area contributed by atoms with Gasteiger partial charge in [0.15, 0.2) is 5.78 Å². The molecular weight excluding hydrogens is 408 g/mol. The molecule has 1 aliphatic carbocycles. The summed E-state index contributed by atoms with van der Waals surface area (Å²) in [6.07, 6.45) is 3.36. The number of fused-ring (bicyclic) bond motifs is 1. The van der Waals surface area contributed by atoms with Crippen molar-refractivity contribution in [1.29, 1.82) is 0 Å². The highest BCUT2D eigenvalue weighted by atomic mass is 32.2. The minimum Gasteiger partial charge on any atom is -0.489 e. The summed E-state index contributed by atoms with van der Waals surface area (Å²) < 4.78 is 7.78. The third-order valence-corrected chi connectivity index (χ3v) is 6.27. The van der Waals surface area contributed by atoms with Crippen molar-refractivity contribution in [1.82, 2.24) is 14.8 Å². The molecule has 2 heterocycles. The first-order valence-electron chi connectivity index (χ1n) is 10.4. The van der Waals surface area contributed by atoms with Gasteiger partial charge in [-0.25, -0.2) is 4.68 Å². The molecule has 0 fully saturated rings. The lowest BCUT2D eigenvalue weighted by molar-refractivity contribution is -0.117. The van der Waals surface area contributed by atoms with Crippen LogP contribution < -0.4 is 10.1 Å². The van der Waals surface area contributed by atoms with Gasteiger partial charge in [-0.2, -0.15) is 4.98 Å². The zero-order valence-corrected chi connectivity index (χ0v) is 18.4. The van der Waals surface area contributed by atoms with Crippen LogP contribution in [0, 0.1) is 5.92 Å². The summed E-state index contributed by atoms with van der Waals surface area (Å²) in [5.41, 5.74) is 3.91. The van der Waals surface area contributed by atoms with Crippen molar-refractivity contribution in [3.05, 3.63) is 77.0 Å². The van der Waals surface area contributed by atoms with E-state index < -0.39 is 0 Å². The van der Waals surface area contributed by atoms with Crippen LogP contribution in [-0.2, 0) is 11.4 Å². The normalized spacial score (nSPS) is 20.1. The molecule has 6 nitrogen and oxygen atoms in total. The van der Waals surface area contributed by atoms with Gasteiger partial charge in [-0.05, 0) is 41.9 Å². The Morgan fingerprint density at radius 3 is 2.65 bits per heavy atom. The van der Waals surface area contributed by atoms with E-state index in [-0.39, 0.29) is 11.8 Å². The van der Waals surface area contributed by atoms with Gasteiger partial charge in [-0.15, -0.1) is 5.10 Å². The van der Waals surface area contributed by atoms with Gasteiger partial charge >= 0.3 is 0 Å². The maximum atomic E-state index is 13.0. The lowest BCUT2D eigenvalue weighted by Gasteiger charge is -2.34. The topological polar surface area (TPSA) is 69.0 Å². The number of hydrogen-bond acceptors (Lipinski definition) is 6. The minimum absolute atomic E-state index is 0.183. The number of allylic oxidation sites excluding steroid dienone is 2. The Kier molecular flexibility index (Phi) is 5.28. The van der Waals surface area contributed by atoms with Crippen LogP contribution in [0.3, 0.4) is 0 Å². The van der Waals surface area contributed by atoms with Crippen LogP contribution in [0.5, 0.6) is 5.75 Å². The summed E-state index contributed by atoms with van der Waals surface area (Å²) >= 11 is 1.49. The van der Waals surface area contributed by atoms with Crippen molar-refractivity contribution in [2.75, 3.05) is 11.6 Å². The Balaban J connectivity index is 1.47. The third kappa shape index (κ3) is 3.85. The summed E-state index contributed by atoms with van der Waals surface area (Å²) in [5.74, 6) is 1.99. The summed E-state index contributed by atoms with van der Waals surface area (Å²) in [6.45, 7) is 2.63. The molecule has 2 aliphatic rings. The van der Waals surface area contributed by atoms with Crippen molar-refractivity contribution in [2.24, 2.45) is 5.92 Å². The van der Waals surface area contributed by atoms with Crippen molar-refractivity contribution in [3.8, 4) is 5.75 Å². The second-order valence-electron chi connectivity index (χ2n) is 8.07. The Morgan fingerprint density at radius 1 is 1.13 bits per heavy atom. The van der Waals surface area contributed by atoms with Crippen molar-refractivity contribution in [2.45, 2.75) is 37.6 Å². The van der Waals surface area contributed by atoms with E-state index in [4.69, 9.17) is 4.74 Å². The highest BCUT2D eigenvalue weighted by molar-refractivity contribution is 7.98. The summed E-state index contributed by atoms with van der Waals surface area (Å²) in [5, 5.41) is 8.72. The first-order valence-corrected chi connectivity index (χ1v) is 11.7. The molecule has 0 radical (unpaired) electrons. The van der Waals surface area contributed by atoms with Gasteiger partial charge in [-0.1, -0.05) is 61.2 Å². The summed E-state index contributed by atoms with van der Waals surface area (Å²) in [4.78, 5) is 17.6. The van der Waals surface area contributed by atoms with E-state index in [1.807, 2.05) is 65.5 Å². The van der Waals surface area contributed by atoms with E-state index >= 15 is 0 Å². The largest absolute Gasteiger partial charge is 0.489 e. The molecule has 1 N–H and O–H groups in total. The highest BCUT2D eigenvalue weighted by Crippen LogP contribution is 2.42. The Labute approximate surface area is 185 Å². The van der Waals surface area contributed by atoms with Gasteiger partial charge in [0.25, 0.3) is 0 Å². The van der Waals surface area contributed by atoms with E-state index in [0.717, 1.165) is 34.6 Å². The van der Waals surface area contributed by atoms with Gasteiger partial charge < -0.3 is 10.1 Å². The van der Waals surface area contributed by atoms with E-state index in [1.165, 1.54) is 11.8 Å². The van der Waals surface area contributed by atoms with Crippen LogP contribution in [0.25, 0.3) is 0 Å². The molecule has 2 aromatic carbocycles. The van der Waals surface area contributed by atoms with Crippen LogP contribution >= 0.6 is 11.8 Å². The first-order chi connectivity index (χ1) is 15.1. The molecular formula is C24H24N4O2S. The second kappa shape index (κ2) is 8.23. The Hall–Kier alpha value is -3.06. The Morgan fingerprint density at radius 2 is 1.90 bits per heavy atom. The standard InChI is InChI=1S/C24H24N4O2S/c1-15-12-19-21(20(29)13-15)22(28-23(25-19)26-24(27-28)31-2)17-8-10-18(11-9-17)30-14-16-6-4-3-5-7-16/h3-11,15,22H,12-14H2,1-2H3,(H,25,26,27)/t15-,22-/m0/s1. The predicted octanol–water partition coefficient (Wildman–Crippen LogP) is 4.85. The maximum Gasteiger partial charge on any atom is 0.227 e. The lowest BCUT2D eigenvalue weighted by Crippen LogP contribution is -2.33. The number of nitrogens with zero attached hydrogens (tertiary/aromatic N) is 3. The maximum absolute atomic E-state index is 13.0. The molecule has 5 rings (SSSR count). The SMILES string of the molecule is CSc1nc2n(n1)[C@@H](c1ccc(OCc3ccccc3)cc1)C1=C(C[C@H](C)CC1=O)N2. The van der Waals surface area contributed by atoms with E-state index in [9.17, 15) is 4.79 Å². The fourth-order valence-corrected chi connectivity index (χ4v) is 4.62. The number of hydrogen-bond donors (Lipinski definition) is 1. The highest BCUT2D eigenvalue weighted by Gasteiger charge is 2.38. The molecule has 7 heteroatoms. The number of carbonyl (C=O) groups is 1.